The number of benzene rings is 2. The summed E-state index contributed by atoms with van der Waals surface area (Å²) in [4.78, 5) is 25.2. The van der Waals surface area contributed by atoms with Crippen LogP contribution in [-0.2, 0) is 11.2 Å². The number of amides is 1. The van der Waals surface area contributed by atoms with Crippen LogP contribution in [0.15, 0.2) is 48.7 Å². The Morgan fingerprint density at radius 2 is 1.98 bits per heavy atom. The Balaban J connectivity index is 1.24. The Kier molecular flexibility index (Phi) is 8.11. The predicted octanol–water partition coefficient (Wildman–Crippen LogP) is 8.00. The molecule has 6 heterocycles. The molecule has 2 saturated carbocycles. The molecule has 52 heavy (non-hydrogen) atoms. The van der Waals surface area contributed by atoms with Crippen LogP contribution in [0.5, 0.6) is 5.88 Å². The average Bonchev–Trinajstić information content (AvgIpc) is 3.43. The number of rotatable bonds is 8. The smallest absolute Gasteiger partial charge is 0.226 e. The van der Waals surface area contributed by atoms with E-state index < -0.39 is 5.82 Å². The Labute approximate surface area is 309 Å². The molecule has 5 atom stereocenters. The van der Waals surface area contributed by atoms with Crippen LogP contribution >= 0.6 is 23.2 Å². The van der Waals surface area contributed by atoms with Crippen molar-refractivity contribution >= 4 is 50.9 Å². The molecule has 2 aromatic carbocycles. The van der Waals surface area contributed by atoms with Crippen molar-refractivity contribution in [3.05, 3.63) is 87.0 Å². The van der Waals surface area contributed by atoms with Crippen molar-refractivity contribution < 1.29 is 13.9 Å². The molecule has 2 bridgehead atoms. The normalized spacial score (nSPS) is 23.5. The van der Waals surface area contributed by atoms with E-state index in [1.807, 2.05) is 17.9 Å². The van der Waals surface area contributed by atoms with E-state index in [0.717, 1.165) is 42.4 Å². The first-order valence-electron chi connectivity index (χ1n) is 17.8. The van der Waals surface area contributed by atoms with Gasteiger partial charge in [0.15, 0.2) is 5.82 Å². The second-order valence-corrected chi connectivity index (χ2v) is 15.3. The van der Waals surface area contributed by atoms with Gasteiger partial charge in [-0.25, -0.2) is 14.4 Å². The number of hydrogen-bond donors (Lipinski definition) is 1. The summed E-state index contributed by atoms with van der Waals surface area (Å²) in [7, 11) is 0. The molecule has 10 rings (SSSR count). The number of ether oxygens (including phenoxy) is 1. The fourth-order valence-corrected chi connectivity index (χ4v) is 9.15. The molecule has 5 aromatic rings. The zero-order valence-corrected chi connectivity index (χ0v) is 29.9. The Bertz CT molecular complexity index is 2360. The number of pyridine rings is 2. The minimum atomic E-state index is -0.501. The van der Waals surface area contributed by atoms with Gasteiger partial charge in [0.05, 0.1) is 45.8 Å². The first kappa shape index (κ1) is 33.1. The maximum Gasteiger partial charge on any atom is 0.226 e. The maximum atomic E-state index is 17.2. The molecule has 5 fully saturated rings. The summed E-state index contributed by atoms with van der Waals surface area (Å²) in [6.45, 7) is 3.21. The number of halogens is 3. The molecule has 5 unspecified atom stereocenters. The van der Waals surface area contributed by atoms with Gasteiger partial charge in [-0.1, -0.05) is 35.3 Å². The van der Waals surface area contributed by atoms with Crippen LogP contribution < -0.4 is 10.1 Å². The van der Waals surface area contributed by atoms with Gasteiger partial charge >= 0.3 is 0 Å². The van der Waals surface area contributed by atoms with E-state index in [0.29, 0.717) is 69.5 Å². The number of aromatic nitrogens is 3. The maximum absolute atomic E-state index is 17.2. The Morgan fingerprint density at radius 3 is 2.67 bits per heavy atom. The Morgan fingerprint density at radius 1 is 1.13 bits per heavy atom. The van der Waals surface area contributed by atoms with E-state index in [1.54, 1.807) is 30.3 Å². The standard InChI is InChI=1S/C40H34Cl2FN7O2/c1-20-27-15-32(31-14-25(19-49(31)40(51)22-8-9-22)52-33-10-7-21(16-45)17-47-33)50(38-24-13-30(38)46-18-24)39(27)28-12-23(4-3-11-44)34(36(43)37(28)48-20)26-5-2-6-29(41)35(26)42/h2,5-7,10,12,15,17,22,24-25,30-31,38,46H,3-4,8-9,13-14,18-19H2,1H3. The summed E-state index contributed by atoms with van der Waals surface area (Å²) in [6.07, 6.45) is 5.04. The second-order valence-electron chi connectivity index (χ2n) is 14.5. The highest BCUT2D eigenvalue weighted by molar-refractivity contribution is 6.43. The molecular formula is C40H34Cl2FN7O2. The highest BCUT2D eigenvalue weighted by Gasteiger charge is 2.51. The largest absolute Gasteiger partial charge is 0.472 e. The quantitative estimate of drug-likeness (QED) is 0.172. The molecule has 0 spiro atoms. The summed E-state index contributed by atoms with van der Waals surface area (Å²) in [5.74, 6) is 0.430. The van der Waals surface area contributed by atoms with Crippen LogP contribution in [0.1, 0.15) is 66.7 Å². The fourth-order valence-electron chi connectivity index (χ4n) is 8.76. The number of nitrogens with zero attached hydrogens (tertiary/aromatic N) is 6. The molecule has 1 amide bonds. The molecule has 3 aliphatic heterocycles. The highest BCUT2D eigenvalue weighted by atomic mass is 35.5. The van der Waals surface area contributed by atoms with Gasteiger partial charge < -0.3 is 19.5 Å². The van der Waals surface area contributed by atoms with Gasteiger partial charge in [-0.2, -0.15) is 10.5 Å². The molecular weight excluding hydrogens is 700 g/mol. The number of fused-ring (bicyclic) bond motifs is 4. The summed E-state index contributed by atoms with van der Waals surface area (Å²) in [6, 6.07) is 17.0. The van der Waals surface area contributed by atoms with Crippen molar-refractivity contribution in [3.63, 3.8) is 0 Å². The van der Waals surface area contributed by atoms with Crippen LogP contribution in [0.4, 0.5) is 4.39 Å². The average molecular weight is 735 g/mol. The van der Waals surface area contributed by atoms with E-state index in [2.05, 4.69) is 33.1 Å². The lowest BCUT2D eigenvalue weighted by molar-refractivity contribution is -0.133. The first-order chi connectivity index (χ1) is 25.2. The van der Waals surface area contributed by atoms with Crippen LogP contribution in [0.25, 0.3) is 32.9 Å². The monoisotopic (exact) mass is 733 g/mol. The number of likely N-dealkylation sites (tertiary alicyclic amines) is 1. The zero-order valence-electron chi connectivity index (χ0n) is 28.4. The summed E-state index contributed by atoms with van der Waals surface area (Å²) in [5, 5.41) is 24.6. The van der Waals surface area contributed by atoms with Gasteiger partial charge in [0.2, 0.25) is 11.8 Å². The third-order valence-electron chi connectivity index (χ3n) is 11.4. The number of aryl methyl sites for hydroxylation is 2. The van der Waals surface area contributed by atoms with E-state index in [4.69, 9.17) is 32.9 Å². The summed E-state index contributed by atoms with van der Waals surface area (Å²) < 4.78 is 25.9. The van der Waals surface area contributed by atoms with Gasteiger partial charge in [0.25, 0.3) is 0 Å². The van der Waals surface area contributed by atoms with Gasteiger partial charge in [-0.05, 0) is 68.4 Å². The number of hydrogen-bond acceptors (Lipinski definition) is 7. The van der Waals surface area contributed by atoms with Crippen molar-refractivity contribution in [2.24, 2.45) is 11.8 Å². The topological polar surface area (TPSA) is 120 Å². The van der Waals surface area contributed by atoms with Crippen molar-refractivity contribution in [1.29, 1.82) is 10.5 Å². The molecule has 3 saturated heterocycles. The fraction of sp³-hybridized carbons (Fsp3) is 0.375. The number of carbonyl (C=O) groups excluding carboxylic acids is 1. The lowest BCUT2D eigenvalue weighted by atomic mass is 9.79. The van der Waals surface area contributed by atoms with E-state index in [-0.39, 0.29) is 53.0 Å². The van der Waals surface area contributed by atoms with Gasteiger partial charge in [0.1, 0.15) is 17.7 Å². The molecule has 3 aromatic heterocycles. The minimum absolute atomic E-state index is 0.00595. The van der Waals surface area contributed by atoms with Crippen molar-refractivity contribution in [3.8, 4) is 29.1 Å². The molecule has 2 aliphatic carbocycles. The molecule has 5 aliphatic rings. The van der Waals surface area contributed by atoms with Crippen LogP contribution in [0.2, 0.25) is 10.0 Å². The van der Waals surface area contributed by atoms with Crippen molar-refractivity contribution in [1.82, 2.24) is 24.8 Å². The van der Waals surface area contributed by atoms with Crippen LogP contribution in [0.3, 0.4) is 0 Å². The number of nitriles is 2. The number of nitrogens with one attached hydrogen (secondary N) is 1. The highest BCUT2D eigenvalue weighted by Crippen LogP contribution is 2.51. The molecule has 0 radical (unpaired) electrons. The zero-order chi connectivity index (χ0) is 35.8. The molecule has 262 valence electrons. The molecule has 1 N–H and O–H groups in total. The SMILES string of the molecule is Cc1nc2c(F)c(-c3cccc(Cl)c3Cl)c(CCC#N)cc2c2c1cc(C1CC(Oc3ccc(C#N)cn3)CN1C(=O)C1CC1)n2C1C2CNC1C2. The van der Waals surface area contributed by atoms with Crippen molar-refractivity contribution in [2.75, 3.05) is 13.1 Å². The summed E-state index contributed by atoms with van der Waals surface area (Å²) in [5.41, 5.74) is 4.65. The van der Waals surface area contributed by atoms with Gasteiger partial charge in [-0.15, -0.1) is 0 Å². The Hall–Kier alpha value is -4.74. The van der Waals surface area contributed by atoms with E-state index in [1.165, 1.54) is 6.20 Å². The lowest BCUT2D eigenvalue weighted by Gasteiger charge is -2.39. The van der Waals surface area contributed by atoms with Crippen molar-refractivity contribution in [2.45, 2.75) is 69.7 Å². The predicted molar refractivity (Wildman–Crippen MR) is 195 cm³/mol. The van der Waals surface area contributed by atoms with Crippen LogP contribution in [0, 0.1) is 47.2 Å². The van der Waals surface area contributed by atoms with E-state index in [9.17, 15) is 15.3 Å². The summed E-state index contributed by atoms with van der Waals surface area (Å²) >= 11 is 13.1. The first-order valence-corrected chi connectivity index (χ1v) is 18.6. The second kappa shape index (κ2) is 12.7. The third-order valence-corrected chi connectivity index (χ3v) is 12.2. The molecule has 9 nitrogen and oxygen atoms in total. The minimum Gasteiger partial charge on any atom is -0.472 e. The molecule has 12 heteroatoms. The van der Waals surface area contributed by atoms with Gasteiger partial charge in [-0.3, -0.25) is 4.79 Å². The van der Waals surface area contributed by atoms with Gasteiger partial charge in [0, 0.05) is 76.9 Å². The van der Waals surface area contributed by atoms with E-state index >= 15 is 4.39 Å². The number of carbonyl (C=O) groups is 1. The lowest BCUT2D eigenvalue weighted by Crippen LogP contribution is -2.41. The third kappa shape index (κ3) is 5.31. The van der Waals surface area contributed by atoms with Crippen LogP contribution in [-0.4, -0.2) is 50.6 Å².